The Bertz CT molecular complexity index is 284. The maximum Gasteiger partial charge on any atom is 0.315 e. The molecule has 104 valence electrons. The Hall–Kier alpha value is -0.650. The van der Waals surface area contributed by atoms with Crippen molar-refractivity contribution in [1.29, 1.82) is 0 Å². The Labute approximate surface area is 108 Å². The van der Waals surface area contributed by atoms with E-state index in [0.29, 0.717) is 19.8 Å². The molecule has 0 saturated carbocycles. The molecule has 0 atom stereocenters. The van der Waals surface area contributed by atoms with E-state index in [1.54, 1.807) is 0 Å². The maximum atomic E-state index is 11.1. The Balaban J connectivity index is 1.60. The number of hydrogen-bond donors (Lipinski definition) is 2. The van der Waals surface area contributed by atoms with Gasteiger partial charge in [0, 0.05) is 6.54 Å². The van der Waals surface area contributed by atoms with Crippen LogP contribution in [0.5, 0.6) is 0 Å². The molecule has 2 rings (SSSR count). The number of likely N-dealkylation sites (tertiary alicyclic amines) is 1. The van der Waals surface area contributed by atoms with Crippen LogP contribution < -0.4 is 5.32 Å². The van der Waals surface area contributed by atoms with Crippen molar-refractivity contribution in [3.63, 3.8) is 0 Å². The molecule has 2 fully saturated rings. The van der Waals surface area contributed by atoms with Crippen molar-refractivity contribution in [2.24, 2.45) is 11.3 Å². The highest BCUT2D eigenvalue weighted by Crippen LogP contribution is 2.27. The average molecular weight is 256 g/mol. The number of hydrogen-bond acceptors (Lipinski definition) is 4. The number of rotatable bonds is 6. The molecule has 0 unspecified atom stereocenters. The molecule has 0 aromatic rings. The summed E-state index contributed by atoms with van der Waals surface area (Å²) in [5, 5.41) is 12.4. The van der Waals surface area contributed by atoms with Gasteiger partial charge in [0.2, 0.25) is 0 Å². The lowest BCUT2D eigenvalue weighted by atomic mass is 9.86. The fraction of sp³-hybridized carbons (Fsp3) is 0.923. The van der Waals surface area contributed by atoms with E-state index < -0.39 is 11.4 Å². The van der Waals surface area contributed by atoms with E-state index in [9.17, 15) is 4.79 Å². The molecule has 18 heavy (non-hydrogen) atoms. The predicted octanol–water partition coefficient (Wildman–Crippen LogP) is 0.409. The Morgan fingerprint density at radius 3 is 2.61 bits per heavy atom. The number of carbonyl (C=O) groups is 1. The summed E-state index contributed by atoms with van der Waals surface area (Å²) in [6, 6.07) is 0. The van der Waals surface area contributed by atoms with Gasteiger partial charge in [-0.05, 0) is 51.9 Å². The SMILES string of the molecule is CN1CCC(CCNCC2(C(=O)O)COC2)CC1. The van der Waals surface area contributed by atoms with Crippen LogP contribution in [-0.2, 0) is 9.53 Å². The average Bonchev–Trinajstić information content (AvgIpc) is 2.29. The Morgan fingerprint density at radius 1 is 1.44 bits per heavy atom. The van der Waals surface area contributed by atoms with E-state index in [2.05, 4.69) is 17.3 Å². The lowest BCUT2D eigenvalue weighted by Crippen LogP contribution is -2.55. The largest absolute Gasteiger partial charge is 0.481 e. The first-order valence-corrected chi connectivity index (χ1v) is 6.83. The minimum atomic E-state index is -0.736. The molecule has 5 nitrogen and oxygen atoms in total. The fourth-order valence-corrected chi connectivity index (χ4v) is 2.63. The molecule has 0 amide bonds. The van der Waals surface area contributed by atoms with E-state index >= 15 is 0 Å². The molecule has 0 bridgehead atoms. The van der Waals surface area contributed by atoms with Crippen molar-refractivity contribution < 1.29 is 14.6 Å². The van der Waals surface area contributed by atoms with E-state index in [0.717, 1.165) is 18.9 Å². The van der Waals surface area contributed by atoms with Crippen molar-refractivity contribution in [3.05, 3.63) is 0 Å². The molecular formula is C13H24N2O3. The lowest BCUT2D eigenvalue weighted by Gasteiger charge is -2.37. The van der Waals surface area contributed by atoms with Crippen LogP contribution in [0.15, 0.2) is 0 Å². The normalized spacial score (nSPS) is 24.7. The zero-order valence-corrected chi connectivity index (χ0v) is 11.2. The number of carboxylic acids is 1. The number of piperidine rings is 1. The second-order valence-electron chi connectivity index (χ2n) is 5.79. The first-order chi connectivity index (χ1) is 8.62. The van der Waals surface area contributed by atoms with Crippen LogP contribution in [0, 0.1) is 11.3 Å². The molecule has 2 aliphatic rings. The smallest absolute Gasteiger partial charge is 0.315 e. The minimum Gasteiger partial charge on any atom is -0.481 e. The van der Waals surface area contributed by atoms with Crippen molar-refractivity contribution in [1.82, 2.24) is 10.2 Å². The summed E-state index contributed by atoms with van der Waals surface area (Å²) in [5.41, 5.74) is -0.660. The zero-order valence-electron chi connectivity index (χ0n) is 11.2. The topological polar surface area (TPSA) is 61.8 Å². The van der Waals surface area contributed by atoms with Gasteiger partial charge >= 0.3 is 5.97 Å². The molecule has 0 aliphatic carbocycles. The van der Waals surface area contributed by atoms with Gasteiger partial charge < -0.3 is 20.1 Å². The minimum absolute atomic E-state index is 0.351. The van der Waals surface area contributed by atoms with Crippen LogP contribution in [0.3, 0.4) is 0 Å². The molecule has 5 heteroatoms. The van der Waals surface area contributed by atoms with Crippen molar-refractivity contribution >= 4 is 5.97 Å². The van der Waals surface area contributed by atoms with Gasteiger partial charge in [-0.1, -0.05) is 0 Å². The number of nitrogens with zero attached hydrogens (tertiary/aromatic N) is 1. The van der Waals surface area contributed by atoms with Gasteiger partial charge in [0.25, 0.3) is 0 Å². The van der Waals surface area contributed by atoms with Crippen LogP contribution in [0.2, 0.25) is 0 Å². The number of ether oxygens (including phenoxy) is 1. The van der Waals surface area contributed by atoms with Gasteiger partial charge in [-0.15, -0.1) is 0 Å². The molecule has 2 heterocycles. The van der Waals surface area contributed by atoms with Gasteiger partial charge in [0.15, 0.2) is 0 Å². The first kappa shape index (κ1) is 13.8. The highest BCUT2D eigenvalue weighted by molar-refractivity contribution is 5.76. The van der Waals surface area contributed by atoms with Crippen LogP contribution in [0.25, 0.3) is 0 Å². The van der Waals surface area contributed by atoms with E-state index in [1.165, 1.54) is 25.9 Å². The quantitative estimate of drug-likeness (QED) is 0.674. The third kappa shape index (κ3) is 3.22. The van der Waals surface area contributed by atoms with Gasteiger partial charge in [-0.2, -0.15) is 0 Å². The molecule has 0 aromatic heterocycles. The molecule has 2 N–H and O–H groups in total. The van der Waals surface area contributed by atoms with Gasteiger partial charge in [-0.25, -0.2) is 0 Å². The summed E-state index contributed by atoms with van der Waals surface area (Å²) in [4.78, 5) is 13.5. The second kappa shape index (κ2) is 5.99. The summed E-state index contributed by atoms with van der Waals surface area (Å²) >= 11 is 0. The summed E-state index contributed by atoms with van der Waals surface area (Å²) in [7, 11) is 2.17. The standard InChI is InChI=1S/C13H24N2O3/c1-15-6-3-11(4-7-15)2-5-14-8-13(12(16)17)9-18-10-13/h11,14H,2-10H2,1H3,(H,16,17). The Morgan fingerprint density at radius 2 is 2.11 bits per heavy atom. The van der Waals surface area contributed by atoms with E-state index in [1.807, 2.05) is 0 Å². The highest BCUT2D eigenvalue weighted by Gasteiger charge is 2.45. The van der Waals surface area contributed by atoms with Crippen LogP contribution in [-0.4, -0.2) is 62.4 Å². The van der Waals surface area contributed by atoms with Crippen LogP contribution in [0.1, 0.15) is 19.3 Å². The molecule has 2 aliphatic heterocycles. The molecule has 0 spiro atoms. The van der Waals surface area contributed by atoms with Crippen molar-refractivity contribution in [2.75, 3.05) is 46.4 Å². The van der Waals surface area contributed by atoms with Crippen molar-refractivity contribution in [2.45, 2.75) is 19.3 Å². The Kier molecular flexibility index (Phi) is 4.59. The lowest BCUT2D eigenvalue weighted by molar-refractivity contribution is -0.178. The van der Waals surface area contributed by atoms with Gasteiger partial charge in [0.05, 0.1) is 13.2 Å². The highest BCUT2D eigenvalue weighted by atomic mass is 16.5. The van der Waals surface area contributed by atoms with Gasteiger partial charge in [-0.3, -0.25) is 4.79 Å². The summed E-state index contributed by atoms with van der Waals surface area (Å²) in [5.74, 6) is 0.0626. The summed E-state index contributed by atoms with van der Waals surface area (Å²) in [6.45, 7) is 4.54. The zero-order chi connectivity index (χ0) is 13.0. The number of nitrogens with one attached hydrogen (secondary N) is 1. The summed E-state index contributed by atoms with van der Waals surface area (Å²) < 4.78 is 5.03. The molecule has 0 radical (unpaired) electrons. The van der Waals surface area contributed by atoms with Gasteiger partial charge in [0.1, 0.15) is 5.41 Å². The third-order valence-corrected chi connectivity index (χ3v) is 4.24. The number of carboxylic acid groups (broad SMARTS) is 1. The molecular weight excluding hydrogens is 232 g/mol. The summed E-state index contributed by atoms with van der Waals surface area (Å²) in [6.07, 6.45) is 3.70. The number of aliphatic carboxylic acids is 1. The van der Waals surface area contributed by atoms with Crippen LogP contribution >= 0.6 is 0 Å². The first-order valence-electron chi connectivity index (χ1n) is 6.83. The van der Waals surface area contributed by atoms with E-state index in [-0.39, 0.29) is 0 Å². The van der Waals surface area contributed by atoms with E-state index in [4.69, 9.17) is 9.84 Å². The monoisotopic (exact) mass is 256 g/mol. The maximum absolute atomic E-state index is 11.1. The molecule has 2 saturated heterocycles. The van der Waals surface area contributed by atoms with Crippen LogP contribution in [0.4, 0.5) is 0 Å². The third-order valence-electron chi connectivity index (χ3n) is 4.24. The second-order valence-corrected chi connectivity index (χ2v) is 5.79. The van der Waals surface area contributed by atoms with Crippen molar-refractivity contribution in [3.8, 4) is 0 Å². The predicted molar refractivity (Wildman–Crippen MR) is 68.6 cm³/mol. The fourth-order valence-electron chi connectivity index (χ4n) is 2.63. The molecule has 0 aromatic carbocycles.